The molecular weight excluding hydrogens is 324 g/mol. The van der Waals surface area contributed by atoms with Gasteiger partial charge in [-0.05, 0) is 20.3 Å². The zero-order valence-corrected chi connectivity index (χ0v) is 15.9. The second kappa shape index (κ2) is 10.4. The van der Waals surface area contributed by atoms with Gasteiger partial charge in [0.1, 0.15) is 6.16 Å². The number of hydrogen-bond acceptors (Lipinski definition) is 7. The van der Waals surface area contributed by atoms with Crippen molar-refractivity contribution in [3.63, 3.8) is 0 Å². The van der Waals surface area contributed by atoms with Gasteiger partial charge in [-0.1, -0.05) is 4.57 Å². The molecule has 2 amide bonds. The van der Waals surface area contributed by atoms with Gasteiger partial charge < -0.3 is 17.4 Å². The summed E-state index contributed by atoms with van der Waals surface area (Å²) in [7, 11) is -1.82. The molecule has 0 aromatic heterocycles. The summed E-state index contributed by atoms with van der Waals surface area (Å²) in [5.74, 6) is -3.27. The smallest absolute Gasteiger partial charge is 1.00 e. The van der Waals surface area contributed by atoms with Gasteiger partial charge in [-0.3, -0.25) is 20.2 Å². The predicted molar refractivity (Wildman–Crippen MR) is 75.6 cm³/mol. The number of carbonyl (C=O) groups is 3. The first kappa shape index (κ1) is 23.9. The maximum atomic E-state index is 12.1. The molecular formula is C11H22N3NaO6P+. The van der Waals surface area contributed by atoms with E-state index in [4.69, 9.17) is 21.7 Å². The van der Waals surface area contributed by atoms with E-state index in [-0.39, 0.29) is 50.0 Å². The van der Waals surface area contributed by atoms with E-state index in [1.807, 2.05) is 0 Å². The number of rotatable bonds is 8. The van der Waals surface area contributed by atoms with E-state index in [1.165, 1.54) is 6.92 Å². The number of imide groups is 1. The largest absolute Gasteiger partial charge is 1.00 e. The summed E-state index contributed by atoms with van der Waals surface area (Å²) in [4.78, 5) is 35.5. The molecule has 0 aromatic rings. The van der Waals surface area contributed by atoms with Crippen LogP contribution < -0.4 is 41.0 Å². The monoisotopic (exact) mass is 346 g/mol. The van der Waals surface area contributed by atoms with Crippen LogP contribution in [-0.4, -0.2) is 57.1 Å². The molecule has 0 saturated heterocycles. The summed E-state index contributed by atoms with van der Waals surface area (Å²) < 4.78 is 11.1. The Morgan fingerprint density at radius 2 is 1.91 bits per heavy atom. The molecule has 0 aliphatic carbocycles. The topological polar surface area (TPSA) is 164 Å². The Morgan fingerprint density at radius 3 is 2.27 bits per heavy atom. The van der Waals surface area contributed by atoms with E-state index in [9.17, 15) is 18.9 Å². The standard InChI is InChI=1S/C11H20N3O6P.Na.H/c1-7(12)9(17)14(11(2,13)10(18)19)8(16)4-3-5-21(20)6-15;;/h7,15H,3-6,12-13H2,1-2H3;;/q;+1;-1/p+1. The van der Waals surface area contributed by atoms with E-state index < -0.39 is 43.6 Å². The summed E-state index contributed by atoms with van der Waals surface area (Å²) >= 11 is 0. The minimum Gasteiger partial charge on any atom is -1.00 e. The Bertz CT molecular complexity index is 449. The SMILES string of the molecule is CC(N)C(=O)N(C(=O)CCC[P+](=O)CO)C(C)(N)C(=O)O.[H-].[Na+]. The van der Waals surface area contributed by atoms with Gasteiger partial charge in [-0.25, -0.2) is 4.79 Å². The fourth-order valence-corrected chi connectivity index (χ4v) is 2.15. The molecule has 9 nitrogen and oxygen atoms in total. The van der Waals surface area contributed by atoms with Gasteiger partial charge >= 0.3 is 43.3 Å². The van der Waals surface area contributed by atoms with E-state index in [0.29, 0.717) is 4.90 Å². The van der Waals surface area contributed by atoms with Gasteiger partial charge in [0.25, 0.3) is 0 Å². The maximum absolute atomic E-state index is 12.1. The van der Waals surface area contributed by atoms with E-state index in [2.05, 4.69) is 0 Å². The first-order valence-electron chi connectivity index (χ1n) is 6.23. The second-order valence-corrected chi connectivity index (χ2v) is 6.45. The predicted octanol–water partition coefficient (Wildman–Crippen LogP) is -3.88. The van der Waals surface area contributed by atoms with Crippen molar-refractivity contribution in [3.05, 3.63) is 0 Å². The minimum absolute atomic E-state index is 0. The van der Waals surface area contributed by atoms with E-state index >= 15 is 0 Å². The van der Waals surface area contributed by atoms with Crippen molar-refractivity contribution in [1.29, 1.82) is 0 Å². The minimum atomic E-state index is -2.22. The average Bonchev–Trinajstić information content (AvgIpc) is 2.37. The zero-order chi connectivity index (χ0) is 16.8. The zero-order valence-electron chi connectivity index (χ0n) is 14.0. The van der Waals surface area contributed by atoms with Crippen LogP contribution in [0.15, 0.2) is 0 Å². The quantitative estimate of drug-likeness (QED) is 0.197. The Kier molecular flexibility index (Phi) is 11.3. The maximum Gasteiger partial charge on any atom is 1.00 e. The number of nitrogens with zero attached hydrogens (tertiary/aromatic N) is 1. The molecule has 0 aliphatic heterocycles. The van der Waals surface area contributed by atoms with E-state index in [0.717, 1.165) is 6.92 Å². The molecule has 3 atom stereocenters. The fourth-order valence-electron chi connectivity index (χ4n) is 1.50. The Morgan fingerprint density at radius 1 is 1.41 bits per heavy atom. The van der Waals surface area contributed by atoms with Gasteiger partial charge in [0, 0.05) is 6.42 Å². The molecule has 0 heterocycles. The number of amides is 2. The third-order valence-corrected chi connectivity index (χ3v) is 3.84. The molecule has 0 saturated carbocycles. The van der Waals surface area contributed by atoms with Crippen molar-refractivity contribution in [2.24, 2.45) is 11.5 Å². The number of hydrogen-bond donors (Lipinski definition) is 4. The molecule has 11 heteroatoms. The Balaban J connectivity index is -0.00000200. The summed E-state index contributed by atoms with van der Waals surface area (Å²) in [5, 5.41) is 17.7. The van der Waals surface area contributed by atoms with Gasteiger partial charge in [0.2, 0.25) is 18.2 Å². The molecule has 0 rings (SSSR count). The van der Waals surface area contributed by atoms with Crippen molar-refractivity contribution < 1.29 is 60.1 Å². The molecule has 3 unspecified atom stereocenters. The number of aliphatic hydroxyl groups is 1. The van der Waals surface area contributed by atoms with Crippen LogP contribution in [0.2, 0.25) is 0 Å². The van der Waals surface area contributed by atoms with Crippen molar-refractivity contribution in [3.8, 4) is 0 Å². The molecule has 22 heavy (non-hydrogen) atoms. The number of aliphatic carboxylic acids is 1. The number of nitrogens with two attached hydrogens (primary N) is 2. The molecule has 0 fully saturated rings. The van der Waals surface area contributed by atoms with Gasteiger partial charge in [-0.2, -0.15) is 0 Å². The molecule has 0 aromatic carbocycles. The number of carbonyl (C=O) groups excluding carboxylic acids is 2. The van der Waals surface area contributed by atoms with Crippen molar-refractivity contribution in [1.82, 2.24) is 4.90 Å². The molecule has 0 radical (unpaired) electrons. The van der Waals surface area contributed by atoms with Gasteiger partial charge in [0.05, 0.1) is 6.04 Å². The average molecular weight is 346 g/mol. The van der Waals surface area contributed by atoms with E-state index in [1.54, 1.807) is 0 Å². The Labute approximate surface area is 153 Å². The van der Waals surface area contributed by atoms with Gasteiger partial charge in [-0.15, -0.1) is 0 Å². The first-order valence-corrected chi connectivity index (χ1v) is 7.86. The van der Waals surface area contributed by atoms with Crippen molar-refractivity contribution in [2.75, 3.05) is 12.5 Å². The van der Waals surface area contributed by atoms with Crippen LogP contribution in [0, 0.1) is 0 Å². The third kappa shape index (κ3) is 6.78. The van der Waals surface area contributed by atoms with Crippen LogP contribution in [0.5, 0.6) is 0 Å². The summed E-state index contributed by atoms with van der Waals surface area (Å²) in [6.45, 7) is 2.32. The van der Waals surface area contributed by atoms with Crippen LogP contribution in [0.1, 0.15) is 28.1 Å². The first-order chi connectivity index (χ1) is 9.55. The molecule has 0 bridgehead atoms. The molecule has 0 aliphatic rings. The normalized spacial score (nSPS) is 15.0. The molecule has 0 spiro atoms. The number of carboxylic acids is 1. The third-order valence-electron chi connectivity index (χ3n) is 2.71. The summed E-state index contributed by atoms with van der Waals surface area (Å²) in [5.41, 5.74) is 8.71. The Hall–Kier alpha value is -0.410. The number of aliphatic hydroxyl groups excluding tert-OH is 1. The number of carboxylic acid groups (broad SMARTS) is 1. The fraction of sp³-hybridized carbons (Fsp3) is 0.727. The van der Waals surface area contributed by atoms with Crippen LogP contribution in [0.3, 0.4) is 0 Å². The summed E-state index contributed by atoms with van der Waals surface area (Å²) in [6, 6.07) is -1.09. The van der Waals surface area contributed by atoms with Crippen LogP contribution >= 0.6 is 7.80 Å². The molecule has 6 N–H and O–H groups in total. The van der Waals surface area contributed by atoms with Crippen LogP contribution in [-0.2, 0) is 18.9 Å². The van der Waals surface area contributed by atoms with Gasteiger partial charge in [0.15, 0.2) is 5.66 Å². The summed E-state index contributed by atoms with van der Waals surface area (Å²) in [6.07, 6.45) is -0.492. The molecule has 122 valence electrons. The second-order valence-electron chi connectivity index (χ2n) is 4.76. The van der Waals surface area contributed by atoms with Crippen LogP contribution in [0.25, 0.3) is 0 Å². The van der Waals surface area contributed by atoms with Crippen molar-refractivity contribution >= 4 is 25.6 Å². The van der Waals surface area contributed by atoms with Crippen molar-refractivity contribution in [2.45, 2.75) is 38.4 Å². The van der Waals surface area contributed by atoms with Crippen LogP contribution in [0.4, 0.5) is 0 Å².